The molecule has 4 heteroatoms. The maximum absolute atomic E-state index is 9.59. The Bertz CT molecular complexity index is 56.9. The molecule has 0 bridgehead atoms. The second kappa shape index (κ2) is 9.70. The van der Waals surface area contributed by atoms with Crippen LogP contribution in [0.5, 0.6) is 0 Å². The van der Waals surface area contributed by atoms with Crippen molar-refractivity contribution in [3.05, 3.63) is 0 Å². The Morgan fingerprint density at radius 1 is 1.71 bits per heavy atom. The van der Waals surface area contributed by atoms with E-state index in [-0.39, 0.29) is 5.97 Å². The first kappa shape index (κ1) is 10.5. The topological polar surface area (TPSA) is 26.3 Å². The monoisotopic (exact) mass is 226 g/mol. The molecular weight excluding hydrogens is 219 g/mol. The molecule has 0 atom stereocenters. The number of carbonyl (C=O) groups excluding carboxylic acids is 1. The molecule has 0 N–H and O–H groups in total. The van der Waals surface area contributed by atoms with Crippen LogP contribution in [-0.4, -0.2) is 33.7 Å². The minimum absolute atomic E-state index is 0.245. The van der Waals surface area contributed by atoms with Gasteiger partial charge in [0.25, 0.3) is 0 Å². The van der Waals surface area contributed by atoms with Gasteiger partial charge >= 0.3 is 35.8 Å². The normalized spacial score (nSPS) is 5.43. The van der Waals surface area contributed by atoms with Gasteiger partial charge in [-0.15, -0.1) is 0 Å². The van der Waals surface area contributed by atoms with E-state index in [2.05, 4.69) is 14.0 Å². The standard InChI is InChI=1S/C3H6O2.S.Sn/c1-3(4)5-2;;/h1-2H3;;. The third kappa shape index (κ3) is 21.1. The molecule has 0 saturated heterocycles. The van der Waals surface area contributed by atoms with E-state index in [1.54, 1.807) is 0 Å². The van der Waals surface area contributed by atoms with Gasteiger partial charge < -0.3 is 4.74 Å². The van der Waals surface area contributed by atoms with E-state index in [1.165, 1.54) is 14.0 Å². The van der Waals surface area contributed by atoms with Crippen LogP contribution in [0.2, 0.25) is 0 Å². The minimum atomic E-state index is -0.245. The van der Waals surface area contributed by atoms with Gasteiger partial charge in [-0.25, -0.2) is 0 Å². The number of esters is 1. The fourth-order valence-corrected chi connectivity index (χ4v) is 0. The zero-order valence-electron chi connectivity index (χ0n) is 4.22. The van der Waals surface area contributed by atoms with Crippen LogP contribution in [-0.2, 0) is 9.53 Å². The number of rotatable bonds is 0. The van der Waals surface area contributed by atoms with Crippen LogP contribution in [0.15, 0.2) is 0 Å². The zero-order chi connectivity index (χ0) is 6.28. The Balaban J connectivity index is 0. The number of hydrogen-bond acceptors (Lipinski definition) is 3. The molecule has 0 aromatic heterocycles. The van der Waals surface area contributed by atoms with Crippen LogP contribution in [0.4, 0.5) is 0 Å². The van der Waals surface area contributed by atoms with E-state index in [9.17, 15) is 4.79 Å². The van der Waals surface area contributed by atoms with Gasteiger partial charge in [-0.05, 0) is 0 Å². The van der Waals surface area contributed by atoms with Crippen molar-refractivity contribution in [1.82, 2.24) is 0 Å². The number of ether oxygens (including phenoxy) is 1. The number of hydrogen-bond donors (Lipinski definition) is 0. The molecule has 2 radical (unpaired) electrons. The zero-order valence-corrected chi connectivity index (χ0v) is 7.90. The van der Waals surface area contributed by atoms with Gasteiger partial charge in [-0.3, -0.25) is 4.79 Å². The van der Waals surface area contributed by atoms with E-state index < -0.39 is 0 Å². The molecule has 0 rings (SSSR count). The van der Waals surface area contributed by atoms with Crippen molar-refractivity contribution in [1.29, 1.82) is 0 Å². The fourth-order valence-electron chi connectivity index (χ4n) is 0. The maximum atomic E-state index is 9.59. The Kier molecular flexibility index (Phi) is 14.5. The number of carbonyl (C=O) groups is 1. The van der Waals surface area contributed by atoms with Crippen molar-refractivity contribution >= 4 is 35.8 Å². The summed E-state index contributed by atoms with van der Waals surface area (Å²) in [6.07, 6.45) is 0. The summed E-state index contributed by atoms with van der Waals surface area (Å²) in [7, 11) is 5.52. The van der Waals surface area contributed by atoms with Crippen molar-refractivity contribution in [2.24, 2.45) is 0 Å². The van der Waals surface area contributed by atoms with Crippen LogP contribution >= 0.6 is 9.29 Å². The second-order valence-corrected chi connectivity index (χ2v) is 0.696. The summed E-state index contributed by atoms with van der Waals surface area (Å²) in [5, 5.41) is 0. The molecule has 0 aromatic carbocycles. The molecule has 0 aliphatic rings. The quantitative estimate of drug-likeness (QED) is 0.442. The van der Waals surface area contributed by atoms with Crippen LogP contribution < -0.4 is 0 Å². The summed E-state index contributed by atoms with van der Waals surface area (Å²) in [5.41, 5.74) is 0. The first-order valence-corrected chi connectivity index (χ1v) is 5.42. The summed E-state index contributed by atoms with van der Waals surface area (Å²) >= 11 is 1.13. The van der Waals surface area contributed by atoms with E-state index in [0.717, 1.165) is 20.6 Å². The average molecular weight is 225 g/mol. The van der Waals surface area contributed by atoms with Crippen LogP contribution in [0.3, 0.4) is 0 Å². The molecule has 0 amide bonds. The van der Waals surface area contributed by atoms with Crippen LogP contribution in [0, 0.1) is 0 Å². The van der Waals surface area contributed by atoms with Gasteiger partial charge in [0.05, 0.1) is 7.11 Å². The average Bonchev–Trinajstić information content (AvgIpc) is 1.73. The molecule has 2 nitrogen and oxygen atoms in total. The van der Waals surface area contributed by atoms with Gasteiger partial charge in [0.2, 0.25) is 0 Å². The molecule has 7 heavy (non-hydrogen) atoms. The Hall–Kier alpha value is 0.489. The number of methoxy groups -OCH3 is 1. The summed E-state index contributed by atoms with van der Waals surface area (Å²) < 4.78 is 4.11. The fraction of sp³-hybridized carbons (Fsp3) is 0.667. The summed E-state index contributed by atoms with van der Waals surface area (Å²) in [4.78, 5) is 9.59. The molecule has 0 saturated carbocycles. The van der Waals surface area contributed by atoms with E-state index >= 15 is 0 Å². The molecule has 0 unspecified atom stereocenters. The van der Waals surface area contributed by atoms with Crippen molar-refractivity contribution in [2.75, 3.05) is 7.11 Å². The van der Waals surface area contributed by atoms with Crippen molar-refractivity contribution < 1.29 is 9.53 Å². The molecule has 0 spiro atoms. The van der Waals surface area contributed by atoms with Crippen LogP contribution in [0.25, 0.3) is 0 Å². The van der Waals surface area contributed by atoms with E-state index in [4.69, 9.17) is 0 Å². The Morgan fingerprint density at radius 2 is 1.86 bits per heavy atom. The van der Waals surface area contributed by atoms with E-state index in [1.807, 2.05) is 0 Å². The Morgan fingerprint density at radius 3 is 1.86 bits per heavy atom. The third-order valence-corrected chi connectivity index (χ3v) is 0.287. The third-order valence-electron chi connectivity index (χ3n) is 0.287. The van der Waals surface area contributed by atoms with Gasteiger partial charge in [-0.1, -0.05) is 0 Å². The molecule has 0 aliphatic carbocycles. The molecule has 0 aliphatic heterocycles. The van der Waals surface area contributed by atoms with Crippen molar-refractivity contribution in [3.8, 4) is 0 Å². The molecule has 40 valence electrons. The van der Waals surface area contributed by atoms with Crippen LogP contribution in [0.1, 0.15) is 6.92 Å². The molecule has 0 heterocycles. The Labute approximate surface area is 59.5 Å². The predicted molar refractivity (Wildman–Crippen MR) is 31.0 cm³/mol. The first-order chi connectivity index (χ1) is 3.27. The molecular formula is C3H6O2SSn. The van der Waals surface area contributed by atoms with Crippen molar-refractivity contribution in [3.63, 3.8) is 0 Å². The SMILES string of the molecule is COC(C)=O.[S]=[Sn]. The molecule has 0 fully saturated rings. The van der Waals surface area contributed by atoms with Gasteiger partial charge in [0.1, 0.15) is 0 Å². The van der Waals surface area contributed by atoms with E-state index in [0.29, 0.717) is 0 Å². The van der Waals surface area contributed by atoms with Gasteiger partial charge in [0.15, 0.2) is 0 Å². The first-order valence-electron chi connectivity index (χ1n) is 1.52. The predicted octanol–water partition coefficient (Wildman–Crippen LogP) is 0.447. The van der Waals surface area contributed by atoms with Gasteiger partial charge in [-0.2, -0.15) is 0 Å². The van der Waals surface area contributed by atoms with Crippen molar-refractivity contribution in [2.45, 2.75) is 6.92 Å². The summed E-state index contributed by atoms with van der Waals surface area (Å²) in [6, 6.07) is 0. The molecule has 0 aromatic rings. The van der Waals surface area contributed by atoms with Gasteiger partial charge in [0, 0.05) is 6.92 Å². The summed E-state index contributed by atoms with van der Waals surface area (Å²) in [5.74, 6) is -0.245. The summed E-state index contributed by atoms with van der Waals surface area (Å²) in [6.45, 7) is 1.36. The second-order valence-electron chi connectivity index (χ2n) is 0.696.